The van der Waals surface area contributed by atoms with E-state index in [0.717, 1.165) is 31.2 Å². The lowest BCUT2D eigenvalue weighted by Crippen LogP contribution is -2.49. The minimum atomic E-state index is -0.339. The lowest BCUT2D eigenvalue weighted by molar-refractivity contribution is -0.138. The number of benzene rings is 1. The zero-order valence-corrected chi connectivity index (χ0v) is 19.8. The number of para-hydroxylation sites is 1. The van der Waals surface area contributed by atoms with Crippen LogP contribution in [-0.2, 0) is 11.3 Å². The highest BCUT2D eigenvalue weighted by Gasteiger charge is 2.42. The average molecular weight is 504 g/mol. The molecular formula is C20H33IN4O3. The molecule has 1 fully saturated rings. The largest absolute Gasteiger partial charge is 0.493 e. The van der Waals surface area contributed by atoms with Gasteiger partial charge in [-0.1, -0.05) is 25.0 Å². The van der Waals surface area contributed by atoms with Crippen LogP contribution in [0.3, 0.4) is 0 Å². The molecule has 2 N–H and O–H groups in total. The average Bonchev–Trinajstić information content (AvgIpc) is 3.16. The predicted octanol–water partition coefficient (Wildman–Crippen LogP) is 2.64. The number of carbonyl (C=O) groups is 1. The van der Waals surface area contributed by atoms with Gasteiger partial charge in [0.2, 0.25) is 5.91 Å². The molecule has 0 aromatic heterocycles. The summed E-state index contributed by atoms with van der Waals surface area (Å²) in [6.07, 6.45) is 4.01. The molecule has 0 atom stereocenters. The highest BCUT2D eigenvalue weighted by molar-refractivity contribution is 14.0. The summed E-state index contributed by atoms with van der Waals surface area (Å²) in [6.45, 7) is 1.12. The van der Waals surface area contributed by atoms with Gasteiger partial charge in [-0.15, -0.1) is 24.0 Å². The van der Waals surface area contributed by atoms with E-state index in [1.54, 1.807) is 26.2 Å². The minimum Gasteiger partial charge on any atom is -0.493 e. The van der Waals surface area contributed by atoms with Gasteiger partial charge in [-0.3, -0.25) is 9.79 Å². The molecule has 0 heterocycles. The van der Waals surface area contributed by atoms with Crippen molar-refractivity contribution < 1.29 is 14.3 Å². The van der Waals surface area contributed by atoms with E-state index in [-0.39, 0.29) is 35.3 Å². The Kier molecular flexibility index (Phi) is 9.84. The van der Waals surface area contributed by atoms with Crippen LogP contribution in [0.15, 0.2) is 23.2 Å². The van der Waals surface area contributed by atoms with Crippen LogP contribution in [0, 0.1) is 5.41 Å². The van der Waals surface area contributed by atoms with E-state index in [1.807, 2.05) is 32.3 Å². The van der Waals surface area contributed by atoms with Crippen LogP contribution in [0.2, 0.25) is 0 Å². The molecule has 158 valence electrons. The molecule has 0 saturated heterocycles. The Bertz CT molecular complexity index is 673. The van der Waals surface area contributed by atoms with Crippen LogP contribution in [0.5, 0.6) is 11.5 Å². The fourth-order valence-corrected chi connectivity index (χ4v) is 3.74. The lowest BCUT2D eigenvalue weighted by Gasteiger charge is -2.31. The third kappa shape index (κ3) is 5.65. The molecule has 0 spiro atoms. The van der Waals surface area contributed by atoms with E-state index in [1.165, 1.54) is 0 Å². The smallest absolute Gasteiger partial charge is 0.230 e. The molecule has 2 rings (SSSR count). The van der Waals surface area contributed by atoms with Gasteiger partial charge in [0.05, 0.1) is 19.6 Å². The fraction of sp³-hybridized carbons (Fsp3) is 0.600. The van der Waals surface area contributed by atoms with Crippen molar-refractivity contribution in [3.05, 3.63) is 23.8 Å². The molecule has 28 heavy (non-hydrogen) atoms. The maximum Gasteiger partial charge on any atom is 0.230 e. The number of carbonyl (C=O) groups excluding carboxylic acids is 1. The third-order valence-electron chi connectivity index (χ3n) is 5.17. The summed E-state index contributed by atoms with van der Waals surface area (Å²) in [7, 11) is 8.63. The maximum absolute atomic E-state index is 12.7. The number of aliphatic imine (C=N–C) groups is 1. The summed E-state index contributed by atoms with van der Waals surface area (Å²) >= 11 is 0. The Morgan fingerprint density at radius 1 is 1.18 bits per heavy atom. The number of ether oxygens (including phenoxy) is 2. The SMILES string of the molecule is CN=C(NCc1cccc(OC)c1OC)NCC1(C(=O)N(C)C)CCCC1.I. The molecule has 0 radical (unpaired) electrons. The second kappa shape index (κ2) is 11.3. The van der Waals surface area contributed by atoms with Crippen LogP contribution in [0.1, 0.15) is 31.2 Å². The Labute approximate surface area is 185 Å². The number of amides is 1. The summed E-state index contributed by atoms with van der Waals surface area (Å²) in [5.41, 5.74) is 0.633. The molecule has 0 unspecified atom stereocenters. The topological polar surface area (TPSA) is 75.2 Å². The van der Waals surface area contributed by atoms with Crippen molar-refractivity contribution in [3.8, 4) is 11.5 Å². The van der Waals surface area contributed by atoms with Crippen molar-refractivity contribution in [1.29, 1.82) is 0 Å². The summed E-state index contributed by atoms with van der Waals surface area (Å²) < 4.78 is 10.8. The van der Waals surface area contributed by atoms with E-state index in [9.17, 15) is 4.79 Å². The Morgan fingerprint density at radius 2 is 1.86 bits per heavy atom. The Balaban J connectivity index is 0.00000392. The molecule has 1 amide bonds. The van der Waals surface area contributed by atoms with Crippen molar-refractivity contribution >= 4 is 35.8 Å². The molecule has 7 nitrogen and oxygen atoms in total. The van der Waals surface area contributed by atoms with E-state index in [4.69, 9.17) is 9.47 Å². The maximum atomic E-state index is 12.7. The second-order valence-corrected chi connectivity index (χ2v) is 7.12. The third-order valence-corrected chi connectivity index (χ3v) is 5.17. The van der Waals surface area contributed by atoms with Crippen molar-refractivity contribution in [3.63, 3.8) is 0 Å². The number of guanidine groups is 1. The molecule has 1 aromatic carbocycles. The highest BCUT2D eigenvalue weighted by atomic mass is 127. The number of hydrogen-bond acceptors (Lipinski definition) is 4. The number of hydrogen-bond donors (Lipinski definition) is 2. The van der Waals surface area contributed by atoms with Gasteiger partial charge in [0, 0.05) is 39.8 Å². The van der Waals surface area contributed by atoms with Crippen LogP contribution in [-0.4, -0.2) is 58.7 Å². The predicted molar refractivity (Wildman–Crippen MR) is 123 cm³/mol. The molecule has 0 bridgehead atoms. The van der Waals surface area contributed by atoms with Crippen LogP contribution < -0.4 is 20.1 Å². The van der Waals surface area contributed by atoms with E-state index < -0.39 is 0 Å². The van der Waals surface area contributed by atoms with Crippen molar-refractivity contribution in [1.82, 2.24) is 15.5 Å². The van der Waals surface area contributed by atoms with E-state index in [0.29, 0.717) is 30.5 Å². The van der Waals surface area contributed by atoms with Crippen LogP contribution in [0.4, 0.5) is 0 Å². The summed E-state index contributed by atoms with van der Waals surface area (Å²) in [5.74, 6) is 2.26. The van der Waals surface area contributed by atoms with Gasteiger partial charge in [-0.25, -0.2) is 0 Å². The molecule has 1 saturated carbocycles. The Morgan fingerprint density at radius 3 is 2.39 bits per heavy atom. The molecule has 1 aliphatic rings. The zero-order valence-electron chi connectivity index (χ0n) is 17.5. The van der Waals surface area contributed by atoms with Crippen molar-refractivity contribution in [2.24, 2.45) is 10.4 Å². The molecule has 1 aliphatic carbocycles. The van der Waals surface area contributed by atoms with Crippen molar-refractivity contribution in [2.45, 2.75) is 32.2 Å². The lowest BCUT2D eigenvalue weighted by atomic mass is 9.84. The first kappa shape index (κ1) is 24.3. The molecule has 0 aliphatic heterocycles. The van der Waals surface area contributed by atoms with Crippen LogP contribution in [0.25, 0.3) is 0 Å². The standard InChI is InChI=1S/C20H32N4O3.HI/c1-21-19(22-13-15-9-8-10-16(26-4)17(15)27-5)23-14-20(11-6-7-12-20)18(25)24(2)3;/h8-10H,6-7,11-14H2,1-5H3,(H2,21,22,23);1H. The van der Waals surface area contributed by atoms with Gasteiger partial charge in [0.15, 0.2) is 17.5 Å². The van der Waals surface area contributed by atoms with Gasteiger partial charge >= 0.3 is 0 Å². The summed E-state index contributed by atoms with van der Waals surface area (Å²) in [4.78, 5) is 18.7. The summed E-state index contributed by atoms with van der Waals surface area (Å²) in [5, 5.41) is 6.64. The number of nitrogens with one attached hydrogen (secondary N) is 2. The van der Waals surface area contributed by atoms with Gasteiger partial charge in [0.25, 0.3) is 0 Å². The number of halogens is 1. The molecule has 8 heteroatoms. The molecule has 1 aromatic rings. The highest BCUT2D eigenvalue weighted by Crippen LogP contribution is 2.39. The van der Waals surface area contributed by atoms with Gasteiger partial charge < -0.3 is 25.0 Å². The van der Waals surface area contributed by atoms with Gasteiger partial charge in [0.1, 0.15) is 0 Å². The first-order valence-corrected chi connectivity index (χ1v) is 9.33. The quantitative estimate of drug-likeness (QED) is 0.340. The molecular weight excluding hydrogens is 471 g/mol. The van der Waals surface area contributed by atoms with E-state index in [2.05, 4.69) is 15.6 Å². The second-order valence-electron chi connectivity index (χ2n) is 7.12. The van der Waals surface area contributed by atoms with Gasteiger partial charge in [-0.05, 0) is 18.9 Å². The van der Waals surface area contributed by atoms with Crippen molar-refractivity contribution in [2.75, 3.05) is 41.9 Å². The first-order chi connectivity index (χ1) is 13.0. The number of nitrogens with zero attached hydrogens (tertiary/aromatic N) is 2. The van der Waals surface area contributed by atoms with Crippen LogP contribution >= 0.6 is 24.0 Å². The van der Waals surface area contributed by atoms with E-state index >= 15 is 0 Å². The number of rotatable bonds is 7. The minimum absolute atomic E-state index is 0. The number of methoxy groups -OCH3 is 2. The van der Waals surface area contributed by atoms with Gasteiger partial charge in [-0.2, -0.15) is 0 Å². The summed E-state index contributed by atoms with van der Waals surface area (Å²) in [6, 6.07) is 5.78. The zero-order chi connectivity index (χ0) is 19.9. The normalized spacial score (nSPS) is 15.4. The monoisotopic (exact) mass is 504 g/mol. The first-order valence-electron chi connectivity index (χ1n) is 9.33. The fourth-order valence-electron chi connectivity index (χ4n) is 3.74. The Hall–Kier alpha value is -1.71.